The lowest BCUT2D eigenvalue weighted by atomic mass is 10.0. The molecule has 0 aliphatic heterocycles. The minimum absolute atomic E-state index is 0.0852. The van der Waals surface area contributed by atoms with E-state index in [4.69, 9.17) is 9.47 Å². The van der Waals surface area contributed by atoms with Crippen LogP contribution in [0.1, 0.15) is 46.1 Å². The van der Waals surface area contributed by atoms with Crippen LogP contribution in [-0.4, -0.2) is 18.1 Å². The van der Waals surface area contributed by atoms with Gasteiger partial charge in [-0.15, -0.1) is 0 Å². The molecule has 0 fully saturated rings. The molecule has 2 rings (SSSR count). The van der Waals surface area contributed by atoms with Crippen LogP contribution in [0.4, 0.5) is 5.69 Å². The third-order valence-electron chi connectivity index (χ3n) is 3.70. The van der Waals surface area contributed by atoms with Crippen LogP contribution in [0.25, 0.3) is 0 Å². The van der Waals surface area contributed by atoms with Gasteiger partial charge in [0.05, 0.1) is 6.10 Å². The quantitative estimate of drug-likeness (QED) is 0.770. The Balaban J connectivity index is 1.95. The molecule has 4 heteroatoms. The van der Waals surface area contributed by atoms with E-state index in [0.717, 1.165) is 5.75 Å². The minimum Gasteiger partial charge on any atom is -0.491 e. The molecule has 0 bridgehead atoms. The van der Waals surface area contributed by atoms with Gasteiger partial charge in [-0.2, -0.15) is 0 Å². The molecule has 0 saturated heterocycles. The number of carbonyl (C=O) groups excluding carboxylic acids is 1. The maximum Gasteiger partial charge on any atom is 0.265 e. The maximum absolute atomic E-state index is 12.3. The van der Waals surface area contributed by atoms with E-state index in [1.54, 1.807) is 6.92 Å². The zero-order valence-electron chi connectivity index (χ0n) is 15.6. The summed E-state index contributed by atoms with van der Waals surface area (Å²) >= 11 is 0. The van der Waals surface area contributed by atoms with Crippen LogP contribution >= 0.6 is 0 Å². The van der Waals surface area contributed by atoms with Crippen molar-refractivity contribution in [2.75, 3.05) is 5.32 Å². The normalized spacial score (nSPS) is 12.1. The predicted octanol–water partition coefficient (Wildman–Crippen LogP) is 5.00. The van der Waals surface area contributed by atoms with E-state index < -0.39 is 6.10 Å². The van der Waals surface area contributed by atoms with E-state index in [9.17, 15) is 4.79 Å². The summed E-state index contributed by atoms with van der Waals surface area (Å²) in [6.07, 6.45) is -0.512. The molecule has 0 spiro atoms. The molecular weight excluding hydrogens is 314 g/mol. The number of anilines is 1. The standard InChI is InChI=1S/C21H27NO3/c1-14(2)17-9-11-19(12-10-17)25-16(5)21(23)22-18-7-6-8-20(13-18)24-15(3)4/h6-16H,1-5H3,(H,22,23). The van der Waals surface area contributed by atoms with E-state index >= 15 is 0 Å². The van der Waals surface area contributed by atoms with Crippen molar-refractivity contribution in [3.63, 3.8) is 0 Å². The second kappa shape index (κ2) is 8.56. The van der Waals surface area contributed by atoms with Crippen LogP contribution in [0.15, 0.2) is 48.5 Å². The van der Waals surface area contributed by atoms with Gasteiger partial charge in [0.2, 0.25) is 0 Å². The van der Waals surface area contributed by atoms with Crippen LogP contribution in [0.5, 0.6) is 11.5 Å². The molecule has 1 amide bonds. The number of carbonyl (C=O) groups is 1. The summed E-state index contributed by atoms with van der Waals surface area (Å²) in [5.41, 5.74) is 1.93. The number of rotatable bonds is 7. The summed E-state index contributed by atoms with van der Waals surface area (Å²) in [5.74, 6) is 1.68. The Hall–Kier alpha value is -2.49. The fourth-order valence-corrected chi connectivity index (χ4v) is 2.35. The zero-order chi connectivity index (χ0) is 18.4. The van der Waals surface area contributed by atoms with Crippen molar-refractivity contribution in [1.82, 2.24) is 0 Å². The lowest BCUT2D eigenvalue weighted by molar-refractivity contribution is -0.122. The molecule has 0 radical (unpaired) electrons. The summed E-state index contributed by atoms with van der Waals surface area (Å²) < 4.78 is 11.4. The fourth-order valence-electron chi connectivity index (χ4n) is 2.35. The first-order valence-electron chi connectivity index (χ1n) is 8.69. The molecule has 134 valence electrons. The Morgan fingerprint density at radius 2 is 1.56 bits per heavy atom. The number of hydrogen-bond donors (Lipinski definition) is 1. The van der Waals surface area contributed by atoms with Gasteiger partial charge in [0.1, 0.15) is 11.5 Å². The Labute approximate surface area is 150 Å². The minimum atomic E-state index is -0.598. The summed E-state index contributed by atoms with van der Waals surface area (Å²) in [6.45, 7) is 9.95. The smallest absolute Gasteiger partial charge is 0.265 e. The first-order chi connectivity index (χ1) is 11.8. The molecule has 0 aliphatic rings. The number of nitrogens with one attached hydrogen (secondary N) is 1. The van der Waals surface area contributed by atoms with Crippen molar-refractivity contribution in [2.45, 2.75) is 52.7 Å². The third kappa shape index (κ3) is 5.82. The van der Waals surface area contributed by atoms with E-state index in [-0.39, 0.29) is 12.0 Å². The van der Waals surface area contributed by atoms with E-state index in [0.29, 0.717) is 17.4 Å². The average Bonchev–Trinajstić information content (AvgIpc) is 2.55. The van der Waals surface area contributed by atoms with E-state index in [2.05, 4.69) is 19.2 Å². The summed E-state index contributed by atoms with van der Waals surface area (Å²) in [6, 6.07) is 15.2. The molecule has 0 aliphatic carbocycles. The van der Waals surface area contributed by atoms with Gasteiger partial charge >= 0.3 is 0 Å². The lowest BCUT2D eigenvalue weighted by Crippen LogP contribution is -2.30. The molecule has 0 heterocycles. The Morgan fingerprint density at radius 3 is 2.16 bits per heavy atom. The SMILES string of the molecule is CC(C)Oc1cccc(NC(=O)C(C)Oc2ccc(C(C)C)cc2)c1. The van der Waals surface area contributed by atoms with Gasteiger partial charge in [-0.05, 0) is 56.5 Å². The van der Waals surface area contributed by atoms with Crippen LogP contribution in [0.3, 0.4) is 0 Å². The molecule has 0 saturated carbocycles. The molecule has 4 nitrogen and oxygen atoms in total. The highest BCUT2D eigenvalue weighted by atomic mass is 16.5. The second-order valence-electron chi connectivity index (χ2n) is 6.67. The predicted molar refractivity (Wildman–Crippen MR) is 101 cm³/mol. The summed E-state index contributed by atoms with van der Waals surface area (Å²) in [7, 11) is 0. The van der Waals surface area contributed by atoms with Crippen molar-refractivity contribution in [3.8, 4) is 11.5 Å². The number of hydrogen-bond acceptors (Lipinski definition) is 3. The van der Waals surface area contributed by atoms with Gasteiger partial charge in [-0.3, -0.25) is 4.79 Å². The van der Waals surface area contributed by atoms with Crippen molar-refractivity contribution in [1.29, 1.82) is 0 Å². The van der Waals surface area contributed by atoms with Crippen LogP contribution in [-0.2, 0) is 4.79 Å². The van der Waals surface area contributed by atoms with E-state index in [1.165, 1.54) is 5.56 Å². The van der Waals surface area contributed by atoms with Gasteiger partial charge in [0.15, 0.2) is 6.10 Å². The van der Waals surface area contributed by atoms with Gasteiger partial charge in [-0.1, -0.05) is 32.0 Å². The highest BCUT2D eigenvalue weighted by Gasteiger charge is 2.15. The van der Waals surface area contributed by atoms with Crippen LogP contribution < -0.4 is 14.8 Å². The van der Waals surface area contributed by atoms with Gasteiger partial charge in [-0.25, -0.2) is 0 Å². The summed E-state index contributed by atoms with van der Waals surface area (Å²) in [4.78, 5) is 12.3. The summed E-state index contributed by atoms with van der Waals surface area (Å²) in [5, 5.41) is 2.86. The highest BCUT2D eigenvalue weighted by Crippen LogP contribution is 2.21. The van der Waals surface area contributed by atoms with Crippen LogP contribution in [0, 0.1) is 0 Å². The number of amides is 1. The van der Waals surface area contributed by atoms with Crippen molar-refractivity contribution in [3.05, 3.63) is 54.1 Å². The van der Waals surface area contributed by atoms with Crippen molar-refractivity contribution in [2.24, 2.45) is 0 Å². The third-order valence-corrected chi connectivity index (χ3v) is 3.70. The maximum atomic E-state index is 12.3. The van der Waals surface area contributed by atoms with Gasteiger partial charge < -0.3 is 14.8 Å². The largest absolute Gasteiger partial charge is 0.491 e. The molecule has 2 aromatic carbocycles. The van der Waals surface area contributed by atoms with Gasteiger partial charge in [0.25, 0.3) is 5.91 Å². The lowest BCUT2D eigenvalue weighted by Gasteiger charge is -2.16. The first kappa shape index (κ1) is 18.8. The zero-order valence-corrected chi connectivity index (χ0v) is 15.6. The fraction of sp³-hybridized carbons (Fsp3) is 0.381. The molecule has 0 aromatic heterocycles. The van der Waals surface area contributed by atoms with Crippen molar-refractivity contribution >= 4 is 11.6 Å². The van der Waals surface area contributed by atoms with E-state index in [1.807, 2.05) is 62.4 Å². The molecular formula is C21H27NO3. The Morgan fingerprint density at radius 1 is 0.880 bits per heavy atom. The van der Waals surface area contributed by atoms with Crippen LogP contribution in [0.2, 0.25) is 0 Å². The number of ether oxygens (including phenoxy) is 2. The van der Waals surface area contributed by atoms with Crippen molar-refractivity contribution < 1.29 is 14.3 Å². The average molecular weight is 341 g/mol. The Bertz CT molecular complexity index is 693. The first-order valence-corrected chi connectivity index (χ1v) is 8.69. The molecule has 1 unspecified atom stereocenters. The monoisotopic (exact) mass is 341 g/mol. The Kier molecular flexibility index (Phi) is 6.45. The molecule has 25 heavy (non-hydrogen) atoms. The molecule has 1 atom stereocenters. The molecule has 1 N–H and O–H groups in total. The second-order valence-corrected chi connectivity index (χ2v) is 6.67. The number of benzene rings is 2. The van der Waals surface area contributed by atoms with Gasteiger partial charge in [0, 0.05) is 11.8 Å². The molecule has 2 aromatic rings. The highest BCUT2D eigenvalue weighted by molar-refractivity contribution is 5.94. The topological polar surface area (TPSA) is 47.6 Å².